The highest BCUT2D eigenvalue weighted by Crippen LogP contribution is 2.36. The molecule has 0 bridgehead atoms. The molecule has 2 atom stereocenters. The van der Waals surface area contributed by atoms with Gasteiger partial charge >= 0.3 is 0 Å². The van der Waals surface area contributed by atoms with E-state index in [2.05, 4.69) is 35.8 Å². The Morgan fingerprint density at radius 3 is 3.05 bits per heavy atom. The van der Waals surface area contributed by atoms with E-state index in [1.54, 1.807) is 18.4 Å². The van der Waals surface area contributed by atoms with E-state index < -0.39 is 0 Å². The van der Waals surface area contributed by atoms with E-state index in [1.165, 1.54) is 10.4 Å². The zero-order valence-electron chi connectivity index (χ0n) is 11.8. The van der Waals surface area contributed by atoms with Crippen LogP contribution in [0.1, 0.15) is 35.9 Å². The van der Waals surface area contributed by atoms with E-state index in [-0.39, 0.29) is 0 Å². The summed E-state index contributed by atoms with van der Waals surface area (Å²) in [6.45, 7) is 2.97. The number of thiophene rings is 1. The summed E-state index contributed by atoms with van der Waals surface area (Å²) in [5, 5.41) is 5.82. The Hall–Kier alpha value is -1.52. The van der Waals surface area contributed by atoms with Gasteiger partial charge in [0.2, 0.25) is 0 Å². The zero-order valence-corrected chi connectivity index (χ0v) is 12.6. The third kappa shape index (κ3) is 2.67. The molecule has 0 fully saturated rings. The van der Waals surface area contributed by atoms with Gasteiger partial charge in [0.1, 0.15) is 11.5 Å². The Morgan fingerprint density at radius 1 is 1.40 bits per heavy atom. The number of hydrogen-bond acceptors (Lipinski definition) is 4. The van der Waals surface area contributed by atoms with Crippen molar-refractivity contribution in [3.8, 4) is 11.5 Å². The van der Waals surface area contributed by atoms with Gasteiger partial charge in [-0.3, -0.25) is 0 Å². The highest BCUT2D eigenvalue weighted by molar-refractivity contribution is 7.10. The Morgan fingerprint density at radius 2 is 2.30 bits per heavy atom. The Bertz CT molecular complexity index is 568. The van der Waals surface area contributed by atoms with Crippen molar-refractivity contribution in [3.63, 3.8) is 0 Å². The van der Waals surface area contributed by atoms with Crippen LogP contribution in [0.2, 0.25) is 0 Å². The normalized spacial score (nSPS) is 19.0. The van der Waals surface area contributed by atoms with Crippen LogP contribution < -0.4 is 14.8 Å². The molecule has 1 aromatic heterocycles. The van der Waals surface area contributed by atoms with E-state index in [9.17, 15) is 0 Å². The Balaban J connectivity index is 1.82. The van der Waals surface area contributed by atoms with Crippen LogP contribution in [0, 0.1) is 0 Å². The predicted octanol–water partition coefficient (Wildman–Crippen LogP) is 3.93. The lowest BCUT2D eigenvalue weighted by atomic mass is 9.99. The predicted molar refractivity (Wildman–Crippen MR) is 81.7 cm³/mol. The molecule has 0 spiro atoms. The number of hydrogen-bond donors (Lipinski definition) is 1. The van der Waals surface area contributed by atoms with Gasteiger partial charge in [0, 0.05) is 28.9 Å². The lowest BCUT2D eigenvalue weighted by Gasteiger charge is -2.29. The van der Waals surface area contributed by atoms with Gasteiger partial charge in [-0.2, -0.15) is 0 Å². The summed E-state index contributed by atoms with van der Waals surface area (Å²) in [6.07, 6.45) is 0.982. The van der Waals surface area contributed by atoms with Gasteiger partial charge in [0.05, 0.1) is 13.7 Å². The van der Waals surface area contributed by atoms with Crippen molar-refractivity contribution < 1.29 is 9.47 Å². The van der Waals surface area contributed by atoms with Crippen LogP contribution in [0.3, 0.4) is 0 Å². The summed E-state index contributed by atoms with van der Waals surface area (Å²) in [6, 6.07) is 10.9. The van der Waals surface area contributed by atoms with Crippen LogP contribution in [0.4, 0.5) is 0 Å². The molecule has 4 heteroatoms. The fourth-order valence-electron chi connectivity index (χ4n) is 2.59. The molecule has 2 heterocycles. The molecule has 20 heavy (non-hydrogen) atoms. The second-order valence-electron chi connectivity index (χ2n) is 5.00. The first-order valence-corrected chi connectivity index (χ1v) is 7.76. The maximum atomic E-state index is 5.73. The quantitative estimate of drug-likeness (QED) is 0.925. The molecule has 0 saturated carbocycles. The summed E-state index contributed by atoms with van der Waals surface area (Å²) in [7, 11) is 1.70. The number of rotatable bonds is 4. The number of fused-ring (bicyclic) bond motifs is 1. The molecule has 1 aliphatic heterocycles. The SMILES string of the molecule is COc1ccc2c(c1)C(N[C@H](C)c1cccs1)CCO2. The summed E-state index contributed by atoms with van der Waals surface area (Å²) >= 11 is 1.79. The van der Waals surface area contributed by atoms with Gasteiger partial charge in [0.25, 0.3) is 0 Å². The summed E-state index contributed by atoms with van der Waals surface area (Å²) in [5.41, 5.74) is 1.19. The van der Waals surface area contributed by atoms with Gasteiger partial charge in [-0.05, 0) is 36.6 Å². The monoisotopic (exact) mass is 289 g/mol. The van der Waals surface area contributed by atoms with Crippen LogP contribution >= 0.6 is 11.3 Å². The maximum absolute atomic E-state index is 5.73. The third-order valence-electron chi connectivity index (χ3n) is 3.68. The second-order valence-corrected chi connectivity index (χ2v) is 5.98. The van der Waals surface area contributed by atoms with Crippen LogP contribution in [0.25, 0.3) is 0 Å². The van der Waals surface area contributed by atoms with Crippen molar-refractivity contribution >= 4 is 11.3 Å². The van der Waals surface area contributed by atoms with Crippen molar-refractivity contribution in [1.82, 2.24) is 5.32 Å². The van der Waals surface area contributed by atoms with Crippen molar-refractivity contribution in [3.05, 3.63) is 46.2 Å². The van der Waals surface area contributed by atoms with Crippen molar-refractivity contribution in [2.75, 3.05) is 13.7 Å². The van der Waals surface area contributed by atoms with E-state index >= 15 is 0 Å². The van der Waals surface area contributed by atoms with Gasteiger partial charge in [0.15, 0.2) is 0 Å². The molecular weight excluding hydrogens is 270 g/mol. The lowest BCUT2D eigenvalue weighted by Crippen LogP contribution is -2.29. The second kappa shape index (κ2) is 5.85. The highest BCUT2D eigenvalue weighted by Gasteiger charge is 2.23. The average Bonchev–Trinajstić information content (AvgIpc) is 3.01. The Kier molecular flexibility index (Phi) is 3.94. The molecule has 0 saturated heterocycles. The zero-order chi connectivity index (χ0) is 13.9. The van der Waals surface area contributed by atoms with Crippen molar-refractivity contribution in [1.29, 1.82) is 0 Å². The summed E-state index contributed by atoms with van der Waals surface area (Å²) < 4.78 is 11.1. The van der Waals surface area contributed by atoms with E-state index in [1.807, 2.05) is 12.1 Å². The molecular formula is C16H19NO2S. The molecule has 1 N–H and O–H groups in total. The van der Waals surface area contributed by atoms with Crippen LogP contribution in [-0.2, 0) is 0 Å². The molecule has 3 rings (SSSR count). The largest absolute Gasteiger partial charge is 0.497 e. The first-order valence-electron chi connectivity index (χ1n) is 6.88. The Labute approximate surface area is 123 Å². The minimum absolute atomic E-state index is 0.311. The molecule has 0 aliphatic carbocycles. The van der Waals surface area contributed by atoms with Gasteiger partial charge in [-0.25, -0.2) is 0 Å². The van der Waals surface area contributed by atoms with Gasteiger partial charge in [-0.15, -0.1) is 11.3 Å². The number of nitrogens with one attached hydrogen (secondary N) is 1. The minimum Gasteiger partial charge on any atom is -0.497 e. The number of ether oxygens (including phenoxy) is 2. The van der Waals surface area contributed by atoms with E-state index in [0.29, 0.717) is 12.1 Å². The number of benzene rings is 1. The lowest BCUT2D eigenvalue weighted by molar-refractivity contribution is 0.245. The smallest absolute Gasteiger partial charge is 0.124 e. The standard InChI is InChI=1S/C16H19NO2S/c1-11(16-4-3-9-20-16)17-14-7-8-19-15-6-5-12(18-2)10-13(14)15/h3-6,9-11,14,17H,7-8H2,1-2H3/t11-,14?/m1/s1. The minimum atomic E-state index is 0.311. The van der Waals surface area contributed by atoms with E-state index in [0.717, 1.165) is 24.5 Å². The molecule has 106 valence electrons. The highest BCUT2D eigenvalue weighted by atomic mass is 32.1. The molecule has 3 nitrogen and oxygen atoms in total. The fraction of sp³-hybridized carbons (Fsp3) is 0.375. The first kappa shape index (κ1) is 13.5. The first-order chi connectivity index (χ1) is 9.78. The molecule has 1 aromatic carbocycles. The van der Waals surface area contributed by atoms with Gasteiger partial charge in [-0.1, -0.05) is 6.07 Å². The summed E-state index contributed by atoms with van der Waals surface area (Å²) in [4.78, 5) is 1.36. The topological polar surface area (TPSA) is 30.5 Å². The molecule has 0 amide bonds. The van der Waals surface area contributed by atoms with Crippen LogP contribution in [0.5, 0.6) is 11.5 Å². The van der Waals surface area contributed by atoms with Gasteiger partial charge < -0.3 is 14.8 Å². The number of methoxy groups -OCH3 is 1. The fourth-order valence-corrected chi connectivity index (χ4v) is 3.34. The molecule has 2 aromatic rings. The maximum Gasteiger partial charge on any atom is 0.124 e. The van der Waals surface area contributed by atoms with Crippen LogP contribution in [0.15, 0.2) is 35.7 Å². The molecule has 1 aliphatic rings. The average molecular weight is 289 g/mol. The van der Waals surface area contributed by atoms with Crippen molar-refractivity contribution in [2.45, 2.75) is 25.4 Å². The molecule has 0 radical (unpaired) electrons. The van der Waals surface area contributed by atoms with Crippen molar-refractivity contribution in [2.24, 2.45) is 0 Å². The van der Waals surface area contributed by atoms with Crippen LogP contribution in [-0.4, -0.2) is 13.7 Å². The van der Waals surface area contributed by atoms with E-state index in [4.69, 9.17) is 9.47 Å². The molecule has 1 unspecified atom stereocenters. The third-order valence-corrected chi connectivity index (χ3v) is 4.73. The summed E-state index contributed by atoms with van der Waals surface area (Å²) in [5.74, 6) is 1.85.